The van der Waals surface area contributed by atoms with E-state index in [1.807, 2.05) is 54.2 Å². The van der Waals surface area contributed by atoms with Crippen molar-refractivity contribution < 1.29 is 0 Å². The lowest BCUT2D eigenvalue weighted by molar-refractivity contribution is 0.670. The highest BCUT2D eigenvalue weighted by Crippen LogP contribution is 2.34. The molecule has 2 N–H and O–H groups in total. The van der Waals surface area contributed by atoms with E-state index in [2.05, 4.69) is 31.5 Å². The average molecular weight is 360 g/mol. The summed E-state index contributed by atoms with van der Waals surface area (Å²) in [5.74, 6) is 2.17. The predicted molar refractivity (Wildman–Crippen MR) is 103 cm³/mol. The smallest absolute Gasteiger partial charge is 0.246 e. The third kappa shape index (κ3) is 2.88. The molecule has 0 aromatic carbocycles. The number of nitrogens with one attached hydrogen (secondary N) is 2. The normalized spacial score (nSPS) is 16.9. The van der Waals surface area contributed by atoms with E-state index in [0.717, 1.165) is 47.9 Å². The van der Waals surface area contributed by atoms with E-state index in [-0.39, 0.29) is 6.04 Å². The summed E-state index contributed by atoms with van der Waals surface area (Å²) in [6.07, 6.45) is 5.92. The van der Waals surface area contributed by atoms with Crippen molar-refractivity contribution in [1.82, 2.24) is 29.8 Å². The minimum absolute atomic E-state index is 0.194. The van der Waals surface area contributed by atoms with Crippen LogP contribution in [0.15, 0.2) is 48.8 Å². The molecular weight excluding hydrogens is 340 g/mol. The number of aromatic amines is 1. The Kier molecular flexibility index (Phi) is 3.74. The second-order valence-corrected chi connectivity index (χ2v) is 6.77. The molecule has 0 spiro atoms. The van der Waals surface area contributed by atoms with E-state index in [4.69, 9.17) is 10.1 Å². The van der Waals surface area contributed by atoms with Gasteiger partial charge >= 0.3 is 0 Å². The van der Waals surface area contributed by atoms with Crippen LogP contribution in [0.3, 0.4) is 0 Å². The van der Waals surface area contributed by atoms with Crippen molar-refractivity contribution in [2.45, 2.75) is 25.8 Å². The first-order chi connectivity index (χ1) is 13.3. The maximum atomic E-state index is 4.84. The Labute approximate surface area is 156 Å². The zero-order valence-corrected chi connectivity index (χ0v) is 15.0. The highest BCUT2D eigenvalue weighted by atomic mass is 15.4. The largest absolute Gasteiger partial charge is 0.331 e. The molecule has 0 saturated carbocycles. The third-order valence-corrected chi connectivity index (χ3v) is 4.87. The van der Waals surface area contributed by atoms with E-state index in [1.165, 1.54) is 0 Å². The summed E-state index contributed by atoms with van der Waals surface area (Å²) >= 11 is 0. The van der Waals surface area contributed by atoms with Crippen LogP contribution in [0.5, 0.6) is 0 Å². The van der Waals surface area contributed by atoms with E-state index < -0.39 is 0 Å². The fraction of sp³-hybridized carbons (Fsp3) is 0.263. The van der Waals surface area contributed by atoms with E-state index >= 15 is 0 Å². The van der Waals surface area contributed by atoms with Crippen LogP contribution in [-0.2, 0) is 0 Å². The molecule has 1 fully saturated rings. The topological polar surface area (TPSA) is 87.0 Å². The van der Waals surface area contributed by atoms with Crippen molar-refractivity contribution in [3.63, 3.8) is 0 Å². The highest BCUT2D eigenvalue weighted by molar-refractivity contribution is 5.73. The van der Waals surface area contributed by atoms with Crippen molar-refractivity contribution in [3.8, 4) is 0 Å². The van der Waals surface area contributed by atoms with Gasteiger partial charge in [0.1, 0.15) is 5.52 Å². The number of hydrogen-bond acceptors (Lipinski definition) is 6. The maximum absolute atomic E-state index is 4.84. The van der Waals surface area contributed by atoms with E-state index in [0.29, 0.717) is 5.95 Å². The van der Waals surface area contributed by atoms with Gasteiger partial charge in [-0.1, -0.05) is 6.07 Å². The van der Waals surface area contributed by atoms with Crippen molar-refractivity contribution in [1.29, 1.82) is 0 Å². The molecular formula is C19H20N8. The molecule has 4 aromatic heterocycles. The summed E-state index contributed by atoms with van der Waals surface area (Å²) in [7, 11) is 0. The summed E-state index contributed by atoms with van der Waals surface area (Å²) in [4.78, 5) is 11.6. The first-order valence-electron chi connectivity index (χ1n) is 9.10. The standard InChI is InChI=1S/C19H20N8/c1-13-12-17(24-23-13)21-18-16-8-5-11-27(16)25-19(22-18)26-10-4-7-15(26)14-6-2-3-9-20-14/h2-3,5-6,8-9,11-12,15H,4,7,10H2,1H3,(H2,21,22,23,24,25)/t15-/m0/s1. The van der Waals surface area contributed by atoms with Crippen LogP contribution < -0.4 is 10.2 Å². The van der Waals surface area contributed by atoms with Gasteiger partial charge in [-0.05, 0) is 44.0 Å². The second kappa shape index (κ2) is 6.39. The molecule has 0 bridgehead atoms. The average Bonchev–Trinajstić information content (AvgIpc) is 3.42. The van der Waals surface area contributed by atoms with Crippen molar-refractivity contribution in [3.05, 3.63) is 60.2 Å². The van der Waals surface area contributed by atoms with Gasteiger partial charge in [-0.2, -0.15) is 10.1 Å². The molecule has 1 atom stereocenters. The minimum atomic E-state index is 0.194. The number of hydrogen-bond donors (Lipinski definition) is 2. The quantitative estimate of drug-likeness (QED) is 0.581. The number of aromatic nitrogens is 6. The first kappa shape index (κ1) is 15.8. The van der Waals surface area contributed by atoms with Gasteiger partial charge in [0.2, 0.25) is 5.95 Å². The molecule has 8 heteroatoms. The predicted octanol–water partition coefficient (Wildman–Crippen LogP) is 3.24. The van der Waals surface area contributed by atoms with Crippen LogP contribution in [-0.4, -0.2) is 36.3 Å². The Bertz CT molecular complexity index is 1070. The zero-order chi connectivity index (χ0) is 18.2. The maximum Gasteiger partial charge on any atom is 0.246 e. The number of anilines is 3. The lowest BCUT2D eigenvalue weighted by Gasteiger charge is -2.24. The third-order valence-electron chi connectivity index (χ3n) is 4.87. The number of aryl methyl sites for hydroxylation is 1. The molecule has 136 valence electrons. The number of rotatable bonds is 4. The molecule has 4 aromatic rings. The van der Waals surface area contributed by atoms with Crippen molar-refractivity contribution in [2.75, 3.05) is 16.8 Å². The SMILES string of the molecule is Cc1cc(Nc2nc(N3CCC[C@H]3c3ccccn3)nn3cccc23)n[nH]1. The molecule has 5 heterocycles. The van der Waals surface area contributed by atoms with Crippen LogP contribution in [0.2, 0.25) is 0 Å². The number of pyridine rings is 1. The Morgan fingerprint density at radius 3 is 3.00 bits per heavy atom. The van der Waals surface area contributed by atoms with Crippen LogP contribution in [0, 0.1) is 6.92 Å². The van der Waals surface area contributed by atoms with Crippen LogP contribution in [0.25, 0.3) is 5.52 Å². The first-order valence-corrected chi connectivity index (χ1v) is 9.10. The molecule has 0 amide bonds. The molecule has 0 radical (unpaired) electrons. The zero-order valence-electron chi connectivity index (χ0n) is 15.0. The molecule has 1 aliphatic rings. The van der Waals surface area contributed by atoms with Gasteiger partial charge in [0, 0.05) is 30.7 Å². The Hall–Kier alpha value is -3.42. The molecule has 0 aliphatic carbocycles. The fourth-order valence-corrected chi connectivity index (χ4v) is 3.63. The minimum Gasteiger partial charge on any atom is -0.331 e. The Morgan fingerprint density at radius 2 is 2.19 bits per heavy atom. The molecule has 8 nitrogen and oxygen atoms in total. The summed E-state index contributed by atoms with van der Waals surface area (Å²) in [5, 5.41) is 15.3. The highest BCUT2D eigenvalue weighted by Gasteiger charge is 2.29. The van der Waals surface area contributed by atoms with Crippen LogP contribution in [0.1, 0.15) is 30.3 Å². The summed E-state index contributed by atoms with van der Waals surface area (Å²) < 4.78 is 1.86. The van der Waals surface area contributed by atoms with Gasteiger partial charge in [-0.15, -0.1) is 5.10 Å². The number of nitrogens with zero attached hydrogens (tertiary/aromatic N) is 6. The molecule has 0 unspecified atom stereocenters. The number of fused-ring (bicyclic) bond motifs is 1. The van der Waals surface area contributed by atoms with Gasteiger partial charge in [0.25, 0.3) is 0 Å². The van der Waals surface area contributed by atoms with Crippen LogP contribution in [0.4, 0.5) is 17.6 Å². The summed E-state index contributed by atoms with van der Waals surface area (Å²) in [5.41, 5.74) is 2.96. The van der Waals surface area contributed by atoms with E-state index in [1.54, 1.807) is 0 Å². The van der Waals surface area contributed by atoms with Crippen molar-refractivity contribution >= 4 is 23.1 Å². The Morgan fingerprint density at radius 1 is 1.22 bits per heavy atom. The van der Waals surface area contributed by atoms with Gasteiger partial charge < -0.3 is 10.2 Å². The number of H-pyrrole nitrogens is 1. The second-order valence-electron chi connectivity index (χ2n) is 6.77. The van der Waals surface area contributed by atoms with Crippen LogP contribution >= 0.6 is 0 Å². The molecule has 27 heavy (non-hydrogen) atoms. The molecule has 1 aliphatic heterocycles. The van der Waals surface area contributed by atoms with Gasteiger partial charge in [-0.25, -0.2) is 4.52 Å². The van der Waals surface area contributed by atoms with Gasteiger partial charge in [0.05, 0.1) is 11.7 Å². The van der Waals surface area contributed by atoms with Crippen molar-refractivity contribution in [2.24, 2.45) is 0 Å². The Balaban J connectivity index is 1.55. The fourth-order valence-electron chi connectivity index (χ4n) is 3.63. The summed E-state index contributed by atoms with van der Waals surface area (Å²) in [6.45, 7) is 2.88. The van der Waals surface area contributed by atoms with Gasteiger partial charge in [-0.3, -0.25) is 10.1 Å². The monoisotopic (exact) mass is 360 g/mol. The lowest BCUT2D eigenvalue weighted by Crippen LogP contribution is -2.26. The van der Waals surface area contributed by atoms with Gasteiger partial charge in [0.15, 0.2) is 11.6 Å². The molecule has 1 saturated heterocycles. The summed E-state index contributed by atoms with van der Waals surface area (Å²) in [6, 6.07) is 12.2. The molecule has 5 rings (SSSR count). The lowest BCUT2D eigenvalue weighted by atomic mass is 10.1. The van der Waals surface area contributed by atoms with E-state index in [9.17, 15) is 0 Å².